The maximum absolute atomic E-state index is 13.9. The van der Waals surface area contributed by atoms with Crippen molar-refractivity contribution in [1.29, 1.82) is 0 Å². The zero-order chi connectivity index (χ0) is 25.7. The van der Waals surface area contributed by atoms with Crippen LogP contribution in [0.3, 0.4) is 0 Å². The Morgan fingerprint density at radius 3 is 2.38 bits per heavy atom. The first-order valence-corrected chi connectivity index (χ1v) is 12.5. The first-order valence-electron chi connectivity index (χ1n) is 12.5. The Bertz CT molecular complexity index is 1280. The molecule has 1 aromatic carbocycles. The molecule has 1 N–H and O–H groups in total. The third kappa shape index (κ3) is 4.57. The van der Waals surface area contributed by atoms with Crippen LogP contribution in [0.5, 0.6) is 0 Å². The van der Waals surface area contributed by atoms with Gasteiger partial charge in [-0.2, -0.15) is 18.2 Å². The number of hydrogen-bond donors (Lipinski definition) is 1. The van der Waals surface area contributed by atoms with Crippen LogP contribution >= 0.6 is 0 Å². The summed E-state index contributed by atoms with van der Waals surface area (Å²) in [6, 6.07) is 6.67. The normalized spacial score (nSPS) is 23.6. The Morgan fingerprint density at radius 1 is 0.892 bits per heavy atom. The van der Waals surface area contributed by atoms with Gasteiger partial charge in [-0.25, -0.2) is 13.5 Å². The second-order valence-electron chi connectivity index (χ2n) is 9.99. The lowest BCUT2D eigenvalue weighted by molar-refractivity contribution is -0.141. The van der Waals surface area contributed by atoms with E-state index in [4.69, 9.17) is 4.98 Å². The molecule has 0 radical (unpaired) electrons. The largest absolute Gasteiger partial charge is 0.433 e. The molecule has 3 aliphatic rings. The van der Waals surface area contributed by atoms with E-state index >= 15 is 0 Å². The van der Waals surface area contributed by atoms with Gasteiger partial charge in [-0.05, 0) is 61.8 Å². The lowest BCUT2D eigenvalue weighted by Gasteiger charge is -2.39. The number of benzene rings is 1. The third-order valence-electron chi connectivity index (χ3n) is 7.64. The second kappa shape index (κ2) is 9.14. The minimum absolute atomic E-state index is 0.100. The van der Waals surface area contributed by atoms with Crippen LogP contribution in [0.1, 0.15) is 31.4 Å². The fraction of sp³-hybridized carbons (Fsp3) is 0.480. The Morgan fingerprint density at radius 2 is 1.65 bits per heavy atom. The van der Waals surface area contributed by atoms with E-state index in [1.165, 1.54) is 18.3 Å². The van der Waals surface area contributed by atoms with Gasteiger partial charge in [-0.3, -0.25) is 4.98 Å². The van der Waals surface area contributed by atoms with Gasteiger partial charge in [-0.1, -0.05) is 0 Å². The van der Waals surface area contributed by atoms with Gasteiger partial charge in [0.2, 0.25) is 11.9 Å². The average Bonchev–Trinajstić information content (AvgIpc) is 3.27. The minimum Gasteiger partial charge on any atom is -0.371 e. The molecule has 2 aliphatic heterocycles. The number of nitrogens with one attached hydrogen (secondary N) is 1. The van der Waals surface area contributed by atoms with Crippen LogP contribution < -0.4 is 15.1 Å². The first-order chi connectivity index (χ1) is 17.8. The lowest BCUT2D eigenvalue weighted by Crippen LogP contribution is -2.48. The lowest BCUT2D eigenvalue weighted by atomic mass is 9.92. The zero-order valence-electron chi connectivity index (χ0n) is 19.9. The number of aryl methyl sites for hydroxylation is 1. The number of alkyl halides is 3. The van der Waals surface area contributed by atoms with E-state index in [0.29, 0.717) is 49.5 Å². The van der Waals surface area contributed by atoms with Gasteiger partial charge in [0, 0.05) is 55.9 Å². The van der Waals surface area contributed by atoms with Crippen LogP contribution in [-0.4, -0.2) is 45.4 Å². The molecule has 0 unspecified atom stereocenters. The SMILES string of the molecule is Fc1ccc(N2CCCCn3nc(N[C@H]4[C@@H]5CC[C@H]4CN(c4ccnc(C(F)(F)F)c4)C5)nc32)cc1F. The van der Waals surface area contributed by atoms with Crippen molar-refractivity contribution in [1.82, 2.24) is 19.7 Å². The van der Waals surface area contributed by atoms with Gasteiger partial charge < -0.3 is 15.1 Å². The summed E-state index contributed by atoms with van der Waals surface area (Å²) in [6.07, 6.45) is 0.402. The van der Waals surface area contributed by atoms with Crippen LogP contribution in [0.15, 0.2) is 36.5 Å². The van der Waals surface area contributed by atoms with Crippen molar-refractivity contribution < 1.29 is 22.0 Å². The molecule has 7 nitrogen and oxygen atoms in total. The Hall–Kier alpha value is -3.44. The van der Waals surface area contributed by atoms with Crippen LogP contribution in [-0.2, 0) is 12.7 Å². The first kappa shape index (κ1) is 23.9. The number of hydrogen-bond acceptors (Lipinski definition) is 6. The fourth-order valence-corrected chi connectivity index (χ4v) is 5.86. The molecule has 0 amide bonds. The Balaban J connectivity index is 1.20. The predicted octanol–water partition coefficient (Wildman–Crippen LogP) is 5.23. The van der Waals surface area contributed by atoms with Crippen molar-refractivity contribution in [2.45, 2.75) is 44.4 Å². The van der Waals surface area contributed by atoms with Gasteiger partial charge in [0.15, 0.2) is 11.6 Å². The molecule has 1 saturated carbocycles. The average molecular weight is 520 g/mol. The van der Waals surface area contributed by atoms with Gasteiger partial charge in [0.05, 0.1) is 0 Å². The highest BCUT2D eigenvalue weighted by molar-refractivity contribution is 5.59. The van der Waals surface area contributed by atoms with Crippen LogP contribution in [0.2, 0.25) is 0 Å². The summed E-state index contributed by atoms with van der Waals surface area (Å²) in [5.74, 6) is -0.300. The maximum Gasteiger partial charge on any atom is 0.433 e. The predicted molar refractivity (Wildman–Crippen MR) is 128 cm³/mol. The van der Waals surface area contributed by atoms with Crippen molar-refractivity contribution in [3.05, 3.63) is 53.9 Å². The molecule has 196 valence electrons. The molecule has 2 fully saturated rings. The molecule has 12 heteroatoms. The number of piperidine rings is 1. The molecule has 2 bridgehead atoms. The summed E-state index contributed by atoms with van der Waals surface area (Å²) < 4.78 is 68.7. The minimum atomic E-state index is -4.48. The monoisotopic (exact) mass is 519 g/mol. The van der Waals surface area contributed by atoms with E-state index in [2.05, 4.69) is 15.4 Å². The topological polar surface area (TPSA) is 62.1 Å². The number of fused-ring (bicyclic) bond motifs is 3. The van der Waals surface area contributed by atoms with Crippen molar-refractivity contribution >= 4 is 23.3 Å². The van der Waals surface area contributed by atoms with Crippen LogP contribution in [0, 0.1) is 23.5 Å². The molecule has 6 rings (SSSR count). The van der Waals surface area contributed by atoms with E-state index in [1.807, 2.05) is 9.80 Å². The summed E-state index contributed by atoms with van der Waals surface area (Å²) >= 11 is 0. The number of anilines is 4. The molecule has 0 spiro atoms. The van der Waals surface area contributed by atoms with Crippen LogP contribution in [0.25, 0.3) is 0 Å². The van der Waals surface area contributed by atoms with E-state index < -0.39 is 23.5 Å². The number of aromatic nitrogens is 4. The number of halogens is 5. The van der Waals surface area contributed by atoms with Crippen molar-refractivity contribution in [2.75, 3.05) is 34.8 Å². The highest BCUT2D eigenvalue weighted by atomic mass is 19.4. The van der Waals surface area contributed by atoms with Gasteiger partial charge >= 0.3 is 6.18 Å². The molecule has 37 heavy (non-hydrogen) atoms. The van der Waals surface area contributed by atoms with E-state index in [0.717, 1.165) is 37.8 Å². The second-order valence-corrected chi connectivity index (χ2v) is 9.99. The van der Waals surface area contributed by atoms with Crippen molar-refractivity contribution in [3.63, 3.8) is 0 Å². The summed E-state index contributed by atoms with van der Waals surface area (Å²) in [5, 5.41) is 8.17. The van der Waals surface area contributed by atoms with Crippen molar-refractivity contribution in [2.24, 2.45) is 11.8 Å². The maximum atomic E-state index is 13.9. The standard InChI is InChI=1S/C25H26F5N7/c26-19-6-5-18(11-20(19)27)36-9-1-2-10-37-24(36)33-23(34-37)32-22-15-3-4-16(22)14-35(13-15)17-7-8-31-21(12-17)25(28,29)30/h5-8,11-12,15-16,22H,1-4,9-10,13-14H2,(H,32,34)/t15-,16+,22+. The molecular weight excluding hydrogens is 493 g/mol. The van der Waals surface area contributed by atoms with Crippen molar-refractivity contribution in [3.8, 4) is 0 Å². The summed E-state index contributed by atoms with van der Waals surface area (Å²) in [6.45, 7) is 2.53. The zero-order valence-corrected chi connectivity index (χ0v) is 19.9. The number of rotatable bonds is 4. The van der Waals surface area contributed by atoms with E-state index in [-0.39, 0.29) is 17.9 Å². The van der Waals surface area contributed by atoms with Crippen LogP contribution in [0.4, 0.5) is 45.2 Å². The molecular formula is C25H26F5N7. The van der Waals surface area contributed by atoms with E-state index in [1.54, 1.807) is 10.7 Å². The third-order valence-corrected chi connectivity index (χ3v) is 7.64. The molecule has 4 heterocycles. The quantitative estimate of drug-likeness (QED) is 0.477. The molecule has 3 atom stereocenters. The van der Waals surface area contributed by atoms with E-state index in [9.17, 15) is 22.0 Å². The molecule has 1 aliphatic carbocycles. The summed E-state index contributed by atoms with van der Waals surface area (Å²) in [7, 11) is 0. The number of pyridine rings is 1. The van der Waals surface area contributed by atoms with Gasteiger partial charge in [0.1, 0.15) is 5.69 Å². The smallest absolute Gasteiger partial charge is 0.371 e. The van der Waals surface area contributed by atoms with Gasteiger partial charge in [-0.15, -0.1) is 5.10 Å². The highest BCUT2D eigenvalue weighted by Gasteiger charge is 2.43. The molecule has 1 saturated heterocycles. The fourth-order valence-electron chi connectivity index (χ4n) is 5.86. The Labute approximate surface area is 210 Å². The Kier molecular flexibility index (Phi) is 5.91. The number of nitrogens with zero attached hydrogens (tertiary/aromatic N) is 6. The molecule has 2 aromatic heterocycles. The van der Waals surface area contributed by atoms with Gasteiger partial charge in [0.25, 0.3) is 0 Å². The summed E-state index contributed by atoms with van der Waals surface area (Å²) in [5.41, 5.74) is 0.170. The highest BCUT2D eigenvalue weighted by Crippen LogP contribution is 2.41. The summed E-state index contributed by atoms with van der Waals surface area (Å²) in [4.78, 5) is 12.1. The molecule has 3 aromatic rings.